The molecule has 1 N–H and O–H groups in total. The maximum Gasteiger partial charge on any atom is 0.290 e. The number of rotatable bonds is 5. The third-order valence-electron chi connectivity index (χ3n) is 3.48. The topological polar surface area (TPSA) is 72.2 Å². The van der Waals surface area contributed by atoms with Crippen LogP contribution in [0.1, 0.15) is 30.1 Å². The van der Waals surface area contributed by atoms with Crippen LogP contribution in [0.15, 0.2) is 12.1 Å². The molecule has 20 heavy (non-hydrogen) atoms. The van der Waals surface area contributed by atoms with Crippen molar-refractivity contribution in [2.45, 2.75) is 19.8 Å². The summed E-state index contributed by atoms with van der Waals surface area (Å²) in [6.45, 7) is 2.63. The molecule has 1 aliphatic carbocycles. The number of nitro groups is 1. The molecule has 1 aromatic carbocycles. The van der Waals surface area contributed by atoms with Crippen molar-refractivity contribution in [3.05, 3.63) is 37.9 Å². The van der Waals surface area contributed by atoms with Gasteiger partial charge < -0.3 is 5.32 Å². The van der Waals surface area contributed by atoms with Crippen molar-refractivity contribution in [2.75, 3.05) is 6.54 Å². The molecular weight excluding hydrogens is 303 g/mol. The van der Waals surface area contributed by atoms with E-state index in [1.807, 2.05) is 0 Å². The van der Waals surface area contributed by atoms with Gasteiger partial charge in [0.15, 0.2) is 0 Å². The number of amides is 1. The molecule has 0 aromatic heterocycles. The second-order valence-electron chi connectivity index (χ2n) is 5.07. The van der Waals surface area contributed by atoms with Crippen LogP contribution >= 0.6 is 23.2 Å². The second kappa shape index (κ2) is 5.97. The molecule has 1 saturated carbocycles. The number of nitro benzene ring substituents is 1. The first-order chi connectivity index (χ1) is 9.40. The first-order valence-corrected chi connectivity index (χ1v) is 7.07. The summed E-state index contributed by atoms with van der Waals surface area (Å²) in [4.78, 5) is 22.2. The van der Waals surface area contributed by atoms with Crippen molar-refractivity contribution in [3.63, 3.8) is 0 Å². The Morgan fingerprint density at radius 1 is 1.50 bits per heavy atom. The Balaban J connectivity index is 2.10. The number of nitrogens with one attached hydrogen (secondary N) is 1. The summed E-state index contributed by atoms with van der Waals surface area (Å²) in [6, 6.07) is 2.49. The minimum atomic E-state index is -0.655. The Morgan fingerprint density at radius 3 is 2.70 bits per heavy atom. The van der Waals surface area contributed by atoms with Crippen LogP contribution in [0.25, 0.3) is 0 Å². The van der Waals surface area contributed by atoms with Gasteiger partial charge >= 0.3 is 0 Å². The van der Waals surface area contributed by atoms with E-state index in [-0.39, 0.29) is 27.2 Å². The van der Waals surface area contributed by atoms with Crippen LogP contribution in [-0.2, 0) is 0 Å². The lowest BCUT2D eigenvalue weighted by molar-refractivity contribution is -0.384. The zero-order chi connectivity index (χ0) is 14.9. The first-order valence-electron chi connectivity index (χ1n) is 6.31. The molecule has 7 heteroatoms. The van der Waals surface area contributed by atoms with Gasteiger partial charge in [-0.25, -0.2) is 0 Å². The van der Waals surface area contributed by atoms with E-state index in [4.69, 9.17) is 23.2 Å². The average Bonchev–Trinajstić information content (AvgIpc) is 3.22. The van der Waals surface area contributed by atoms with Gasteiger partial charge in [-0.1, -0.05) is 30.1 Å². The summed E-state index contributed by atoms with van der Waals surface area (Å²) in [5, 5.41) is 13.5. The quantitative estimate of drug-likeness (QED) is 0.665. The lowest BCUT2D eigenvalue weighted by Gasteiger charge is -2.11. The van der Waals surface area contributed by atoms with Crippen LogP contribution in [0.4, 0.5) is 5.69 Å². The molecule has 1 aromatic rings. The van der Waals surface area contributed by atoms with E-state index in [0.29, 0.717) is 18.4 Å². The first kappa shape index (κ1) is 15.1. The van der Waals surface area contributed by atoms with Crippen molar-refractivity contribution in [2.24, 2.45) is 11.8 Å². The number of carbonyl (C=O) groups is 1. The third kappa shape index (κ3) is 3.41. The lowest BCUT2D eigenvalue weighted by atomic mass is 10.1. The van der Waals surface area contributed by atoms with Crippen molar-refractivity contribution in [1.82, 2.24) is 5.32 Å². The third-order valence-corrected chi connectivity index (χ3v) is 4.27. The summed E-state index contributed by atoms with van der Waals surface area (Å²) < 4.78 is 0. The van der Waals surface area contributed by atoms with Gasteiger partial charge in [-0.15, -0.1) is 0 Å². The SMILES string of the molecule is CC(CNC(=O)c1cc(Cl)c(Cl)c([N+](=O)[O-])c1)C1CC1. The number of carbonyl (C=O) groups excluding carboxylic acids is 1. The molecule has 0 aliphatic heterocycles. The van der Waals surface area contributed by atoms with Gasteiger partial charge in [-0.3, -0.25) is 14.9 Å². The summed E-state index contributed by atoms with van der Waals surface area (Å²) in [7, 11) is 0. The summed E-state index contributed by atoms with van der Waals surface area (Å²) in [5.74, 6) is 0.717. The van der Waals surface area contributed by atoms with Gasteiger partial charge in [0.2, 0.25) is 0 Å². The Bertz CT molecular complexity index is 559. The minimum absolute atomic E-state index is 0.00116. The Morgan fingerprint density at radius 2 is 2.15 bits per heavy atom. The summed E-state index contributed by atoms with van der Waals surface area (Å²) in [6.07, 6.45) is 2.41. The highest BCUT2D eigenvalue weighted by atomic mass is 35.5. The largest absolute Gasteiger partial charge is 0.352 e. The van der Waals surface area contributed by atoms with E-state index < -0.39 is 4.92 Å². The van der Waals surface area contributed by atoms with Gasteiger partial charge in [0, 0.05) is 18.2 Å². The predicted molar refractivity (Wildman–Crippen MR) is 77.3 cm³/mol. The molecule has 1 fully saturated rings. The maximum absolute atomic E-state index is 12.0. The van der Waals surface area contributed by atoms with Gasteiger partial charge in [0.25, 0.3) is 11.6 Å². The maximum atomic E-state index is 12.0. The van der Waals surface area contributed by atoms with E-state index in [0.717, 1.165) is 6.07 Å². The normalized spacial score (nSPS) is 15.8. The molecule has 1 amide bonds. The van der Waals surface area contributed by atoms with E-state index in [2.05, 4.69) is 12.2 Å². The van der Waals surface area contributed by atoms with Crippen LogP contribution in [-0.4, -0.2) is 17.4 Å². The highest BCUT2D eigenvalue weighted by Gasteiger charge is 2.28. The van der Waals surface area contributed by atoms with E-state index in [1.54, 1.807) is 0 Å². The molecule has 0 saturated heterocycles. The fourth-order valence-corrected chi connectivity index (χ4v) is 2.42. The predicted octanol–water partition coefficient (Wildman–Crippen LogP) is 3.68. The Hall–Kier alpha value is -1.33. The van der Waals surface area contributed by atoms with Crippen molar-refractivity contribution in [1.29, 1.82) is 0 Å². The van der Waals surface area contributed by atoms with Crippen LogP contribution in [0.5, 0.6) is 0 Å². The number of halogens is 2. The van der Waals surface area contributed by atoms with Gasteiger partial charge in [-0.2, -0.15) is 0 Å². The summed E-state index contributed by atoms with van der Waals surface area (Å²) >= 11 is 11.6. The van der Waals surface area contributed by atoms with Crippen LogP contribution in [0.3, 0.4) is 0 Å². The van der Waals surface area contributed by atoms with Crippen molar-refractivity contribution in [3.8, 4) is 0 Å². The Labute approximate surface area is 126 Å². The standard InChI is InChI=1S/C13H14Cl2N2O3/c1-7(8-2-3-8)6-16-13(18)9-4-10(14)12(15)11(5-9)17(19)20/h4-5,7-8H,2-3,6H2,1H3,(H,16,18). The fraction of sp³-hybridized carbons (Fsp3) is 0.462. The van der Waals surface area contributed by atoms with Crippen LogP contribution in [0, 0.1) is 22.0 Å². The average molecular weight is 317 g/mol. The molecule has 1 aliphatic rings. The van der Waals surface area contributed by atoms with E-state index in [9.17, 15) is 14.9 Å². The molecular formula is C13H14Cl2N2O3. The zero-order valence-corrected chi connectivity index (χ0v) is 12.4. The fourth-order valence-electron chi connectivity index (χ4n) is 2.03. The van der Waals surface area contributed by atoms with Gasteiger partial charge in [0.1, 0.15) is 5.02 Å². The van der Waals surface area contributed by atoms with Crippen molar-refractivity contribution < 1.29 is 9.72 Å². The number of benzene rings is 1. The van der Waals surface area contributed by atoms with E-state index in [1.165, 1.54) is 18.9 Å². The number of hydrogen-bond donors (Lipinski definition) is 1. The van der Waals surface area contributed by atoms with Crippen LogP contribution < -0.4 is 5.32 Å². The molecule has 0 radical (unpaired) electrons. The molecule has 0 heterocycles. The minimum Gasteiger partial charge on any atom is -0.352 e. The molecule has 0 spiro atoms. The lowest BCUT2D eigenvalue weighted by Crippen LogP contribution is -2.29. The van der Waals surface area contributed by atoms with Crippen LogP contribution in [0.2, 0.25) is 10.0 Å². The molecule has 0 bridgehead atoms. The van der Waals surface area contributed by atoms with Gasteiger partial charge in [-0.05, 0) is 30.7 Å². The molecule has 108 valence electrons. The Kier molecular flexibility index (Phi) is 4.50. The van der Waals surface area contributed by atoms with Gasteiger partial charge in [0.05, 0.1) is 9.95 Å². The second-order valence-corrected chi connectivity index (χ2v) is 5.86. The highest BCUT2D eigenvalue weighted by molar-refractivity contribution is 6.43. The van der Waals surface area contributed by atoms with E-state index >= 15 is 0 Å². The number of hydrogen-bond acceptors (Lipinski definition) is 3. The molecule has 5 nitrogen and oxygen atoms in total. The summed E-state index contributed by atoms with van der Waals surface area (Å²) in [5.41, 5.74) is -0.214. The molecule has 1 unspecified atom stereocenters. The van der Waals surface area contributed by atoms with Crippen molar-refractivity contribution >= 4 is 34.8 Å². The highest BCUT2D eigenvalue weighted by Crippen LogP contribution is 2.36. The molecule has 2 rings (SSSR count). The zero-order valence-electron chi connectivity index (χ0n) is 10.9. The monoisotopic (exact) mass is 316 g/mol. The molecule has 1 atom stereocenters. The smallest absolute Gasteiger partial charge is 0.290 e. The number of nitrogens with zero attached hydrogens (tertiary/aromatic N) is 1.